The smallest absolute Gasteiger partial charge is 0.166 e. The first-order valence-electron chi connectivity index (χ1n) is 11.6. The first-order chi connectivity index (χ1) is 14.3. The maximum Gasteiger partial charge on any atom is 0.416 e. The Morgan fingerprint density at radius 2 is 1.37 bits per heavy atom. The monoisotopic (exact) mass is 416 g/mol. The number of benzene rings is 2. The molecular formula is C27H35F3. The van der Waals surface area contributed by atoms with Crippen molar-refractivity contribution in [3.05, 3.63) is 70.8 Å². The van der Waals surface area contributed by atoms with E-state index in [4.69, 9.17) is 0 Å². The molecule has 0 aromatic heterocycles. The fraction of sp³-hybridized carbons (Fsp3) is 0.556. The van der Waals surface area contributed by atoms with Gasteiger partial charge in [0, 0.05) is 0 Å². The fourth-order valence-corrected chi connectivity index (χ4v) is 4.61. The van der Waals surface area contributed by atoms with Gasteiger partial charge in [-0.2, -0.15) is 13.2 Å². The van der Waals surface area contributed by atoms with Gasteiger partial charge in [0.15, 0.2) is 0 Å². The van der Waals surface area contributed by atoms with Gasteiger partial charge in [-0.15, -0.1) is 0 Å². The van der Waals surface area contributed by atoms with Crippen LogP contribution in [-0.4, -0.2) is 0 Å². The van der Waals surface area contributed by atoms with Crippen LogP contribution >= 0.6 is 0 Å². The minimum atomic E-state index is -4.26. The average molecular weight is 417 g/mol. The predicted octanol–water partition coefficient (Wildman–Crippen LogP) is 8.59. The van der Waals surface area contributed by atoms with Crippen molar-refractivity contribution in [1.29, 1.82) is 0 Å². The van der Waals surface area contributed by atoms with E-state index in [2.05, 4.69) is 38.1 Å². The van der Waals surface area contributed by atoms with E-state index in [1.165, 1.54) is 68.2 Å². The third kappa shape index (κ3) is 6.62. The van der Waals surface area contributed by atoms with E-state index < -0.39 is 11.7 Å². The summed E-state index contributed by atoms with van der Waals surface area (Å²) in [6.45, 7) is 4.65. The number of halogens is 3. The van der Waals surface area contributed by atoms with Gasteiger partial charge in [0.1, 0.15) is 0 Å². The van der Waals surface area contributed by atoms with Crippen molar-refractivity contribution in [1.82, 2.24) is 0 Å². The van der Waals surface area contributed by atoms with Gasteiger partial charge >= 0.3 is 6.18 Å². The van der Waals surface area contributed by atoms with E-state index in [9.17, 15) is 13.2 Å². The Bertz CT molecular complexity index is 750. The molecule has 0 nitrogen and oxygen atoms in total. The van der Waals surface area contributed by atoms with Gasteiger partial charge in [0.05, 0.1) is 5.56 Å². The van der Waals surface area contributed by atoms with E-state index in [-0.39, 0.29) is 0 Å². The molecule has 0 spiro atoms. The highest BCUT2D eigenvalue weighted by atomic mass is 19.4. The van der Waals surface area contributed by atoms with Gasteiger partial charge < -0.3 is 0 Å². The minimum absolute atomic E-state index is 0.579. The lowest BCUT2D eigenvalue weighted by atomic mass is 9.76. The van der Waals surface area contributed by atoms with Crippen LogP contribution in [0.2, 0.25) is 0 Å². The fourth-order valence-electron chi connectivity index (χ4n) is 4.61. The molecule has 1 fully saturated rings. The molecule has 3 rings (SSSR count). The second-order valence-corrected chi connectivity index (χ2v) is 9.24. The Morgan fingerprint density at radius 3 is 1.87 bits per heavy atom. The van der Waals surface area contributed by atoms with Crippen molar-refractivity contribution in [3.8, 4) is 0 Å². The summed E-state index contributed by atoms with van der Waals surface area (Å²) in [5.41, 5.74) is 3.07. The van der Waals surface area contributed by atoms with Crippen LogP contribution in [0.25, 0.3) is 0 Å². The molecule has 0 saturated heterocycles. The topological polar surface area (TPSA) is 0 Å². The molecule has 2 aromatic carbocycles. The van der Waals surface area contributed by atoms with Crippen molar-refractivity contribution in [3.63, 3.8) is 0 Å². The van der Waals surface area contributed by atoms with Crippen LogP contribution in [0.3, 0.4) is 0 Å². The van der Waals surface area contributed by atoms with Gasteiger partial charge in [-0.3, -0.25) is 0 Å². The van der Waals surface area contributed by atoms with E-state index in [0.29, 0.717) is 5.92 Å². The molecule has 3 heteroatoms. The quantitative estimate of drug-likeness (QED) is 0.404. The zero-order valence-corrected chi connectivity index (χ0v) is 18.3. The first-order valence-corrected chi connectivity index (χ1v) is 11.6. The number of hydrogen-bond donors (Lipinski definition) is 0. The van der Waals surface area contributed by atoms with Crippen LogP contribution in [0.5, 0.6) is 0 Å². The molecule has 164 valence electrons. The van der Waals surface area contributed by atoms with Gasteiger partial charge in [0.2, 0.25) is 0 Å². The SMILES string of the molecule is CCC(C)CCC1CCC(c2ccc(CCc3ccc(C(F)(F)F)cc3)cc2)CC1. The second kappa shape index (κ2) is 10.5. The van der Waals surface area contributed by atoms with Crippen molar-refractivity contribution in [2.75, 3.05) is 0 Å². The second-order valence-electron chi connectivity index (χ2n) is 9.24. The minimum Gasteiger partial charge on any atom is -0.166 e. The molecule has 0 aliphatic heterocycles. The standard InChI is InChI=1S/C27H35F3/c1-3-20(2)4-5-21-8-14-24(15-9-21)25-16-10-22(11-17-25)6-7-23-12-18-26(19-13-23)27(28,29)30/h10-13,16-21,24H,3-9,14-15H2,1-2H3. The number of rotatable bonds is 8. The molecule has 30 heavy (non-hydrogen) atoms. The summed E-state index contributed by atoms with van der Waals surface area (Å²) in [7, 11) is 0. The Balaban J connectivity index is 1.45. The van der Waals surface area contributed by atoms with Crippen molar-refractivity contribution in [2.45, 2.75) is 83.7 Å². The molecule has 0 amide bonds. The maximum absolute atomic E-state index is 12.7. The molecule has 1 saturated carbocycles. The Hall–Kier alpha value is -1.77. The van der Waals surface area contributed by atoms with Gasteiger partial charge in [0.25, 0.3) is 0 Å². The van der Waals surface area contributed by atoms with Gasteiger partial charge in [-0.1, -0.05) is 69.5 Å². The molecule has 0 N–H and O–H groups in total. The summed E-state index contributed by atoms with van der Waals surface area (Å²) < 4.78 is 38.0. The van der Waals surface area contributed by atoms with E-state index in [0.717, 1.165) is 30.2 Å². The predicted molar refractivity (Wildman–Crippen MR) is 119 cm³/mol. The van der Waals surface area contributed by atoms with Crippen LogP contribution < -0.4 is 0 Å². The lowest BCUT2D eigenvalue weighted by Gasteiger charge is -2.29. The van der Waals surface area contributed by atoms with Crippen LogP contribution in [-0.2, 0) is 19.0 Å². The lowest BCUT2D eigenvalue weighted by molar-refractivity contribution is -0.137. The molecule has 1 atom stereocenters. The largest absolute Gasteiger partial charge is 0.416 e. The summed E-state index contributed by atoms with van der Waals surface area (Å²) in [6, 6.07) is 14.5. The number of alkyl halides is 3. The van der Waals surface area contributed by atoms with Crippen molar-refractivity contribution in [2.24, 2.45) is 11.8 Å². The summed E-state index contributed by atoms with van der Waals surface area (Å²) in [5.74, 6) is 2.46. The van der Waals surface area contributed by atoms with E-state index in [1.54, 1.807) is 12.1 Å². The summed E-state index contributed by atoms with van der Waals surface area (Å²) in [5, 5.41) is 0. The third-order valence-electron chi connectivity index (χ3n) is 7.05. The lowest BCUT2D eigenvalue weighted by Crippen LogP contribution is -2.14. The van der Waals surface area contributed by atoms with Crippen molar-refractivity contribution >= 4 is 0 Å². The van der Waals surface area contributed by atoms with Crippen LogP contribution in [0.1, 0.15) is 87.0 Å². The Morgan fingerprint density at radius 1 is 0.833 bits per heavy atom. The molecule has 0 radical (unpaired) electrons. The summed E-state index contributed by atoms with van der Waals surface area (Å²) in [4.78, 5) is 0. The first kappa shape index (κ1) is 22.9. The van der Waals surface area contributed by atoms with Crippen LogP contribution in [0.4, 0.5) is 13.2 Å². The van der Waals surface area contributed by atoms with Gasteiger partial charge in [-0.25, -0.2) is 0 Å². The molecule has 1 unspecified atom stereocenters. The number of hydrogen-bond acceptors (Lipinski definition) is 0. The highest BCUT2D eigenvalue weighted by molar-refractivity contribution is 5.28. The maximum atomic E-state index is 12.7. The summed E-state index contributed by atoms with van der Waals surface area (Å²) >= 11 is 0. The van der Waals surface area contributed by atoms with Crippen LogP contribution in [0, 0.1) is 11.8 Å². The zero-order valence-electron chi connectivity index (χ0n) is 18.3. The number of aryl methyl sites for hydroxylation is 2. The Labute approximate surface area is 179 Å². The molecule has 0 heterocycles. The molecular weight excluding hydrogens is 381 g/mol. The molecule has 0 bridgehead atoms. The van der Waals surface area contributed by atoms with E-state index in [1.807, 2.05) is 0 Å². The van der Waals surface area contributed by atoms with E-state index >= 15 is 0 Å². The third-order valence-corrected chi connectivity index (χ3v) is 7.05. The zero-order chi connectivity index (χ0) is 21.6. The normalized spacial score (nSPS) is 20.8. The highest BCUT2D eigenvalue weighted by Gasteiger charge is 2.29. The highest BCUT2D eigenvalue weighted by Crippen LogP contribution is 2.38. The van der Waals surface area contributed by atoms with Crippen molar-refractivity contribution < 1.29 is 13.2 Å². The Kier molecular flexibility index (Phi) is 8.02. The molecule has 1 aliphatic carbocycles. The average Bonchev–Trinajstić information content (AvgIpc) is 2.76. The van der Waals surface area contributed by atoms with Gasteiger partial charge in [-0.05, 0) is 85.1 Å². The van der Waals surface area contributed by atoms with Crippen LogP contribution in [0.15, 0.2) is 48.5 Å². The summed E-state index contributed by atoms with van der Waals surface area (Å²) in [6.07, 6.45) is 6.73. The molecule has 1 aliphatic rings. The molecule has 2 aromatic rings.